The Bertz CT molecular complexity index is 67.1. The van der Waals surface area contributed by atoms with Gasteiger partial charge in [-0.15, -0.1) is 12.4 Å². The third-order valence-electron chi connectivity index (χ3n) is 0.533. The molecule has 0 aromatic carbocycles. The summed E-state index contributed by atoms with van der Waals surface area (Å²) < 4.78 is 4.33. The molecule has 0 atom stereocenters. The second-order valence-electron chi connectivity index (χ2n) is 1.04. The molecule has 0 unspecified atom stereocenters. The summed E-state index contributed by atoms with van der Waals surface area (Å²) in [6.07, 6.45) is 0.400. The van der Waals surface area contributed by atoms with E-state index in [2.05, 4.69) is 4.74 Å². The number of esters is 1. The zero-order valence-corrected chi connectivity index (χ0v) is 5.53. The first-order valence-corrected chi connectivity index (χ1v) is 2.17. The van der Waals surface area contributed by atoms with Gasteiger partial charge in [-0.2, -0.15) is 0 Å². The summed E-state index contributed by atoms with van der Waals surface area (Å²) in [5.41, 5.74) is 4.86. The average molecular weight is 140 g/mol. The van der Waals surface area contributed by atoms with Crippen LogP contribution in [-0.2, 0) is 9.53 Å². The number of nitrogens with two attached hydrogens (primary N) is 1. The van der Waals surface area contributed by atoms with E-state index in [0.717, 1.165) is 0 Å². The fourth-order valence-corrected chi connectivity index (χ4v) is 0.195. The summed E-state index contributed by atoms with van der Waals surface area (Å²) in [5.74, 6) is -0.248. The molecule has 0 aliphatic carbocycles. The Morgan fingerprint density at radius 3 is 2.38 bits per heavy atom. The number of halogens is 1. The van der Waals surface area contributed by atoms with Crippen LogP contribution in [0, 0.1) is 0 Å². The largest absolute Gasteiger partial charge is 0.450 e. The number of rotatable bonds is 2. The fourth-order valence-electron chi connectivity index (χ4n) is 0.195. The van der Waals surface area contributed by atoms with Crippen LogP contribution < -0.4 is 5.73 Å². The molecule has 2 N–H and O–H groups in total. The highest BCUT2D eigenvalue weighted by Crippen LogP contribution is 1.78. The highest BCUT2D eigenvalue weighted by atomic mass is 35.5. The maximum atomic E-state index is 10.1. The predicted octanol–water partition coefficient (Wildman–Crippen LogP) is 0.278. The molecule has 0 radical (unpaired) electrons. The quantitative estimate of drug-likeness (QED) is 0.442. The van der Waals surface area contributed by atoms with Crippen LogP contribution in [-0.4, -0.2) is 12.7 Å². The van der Waals surface area contributed by atoms with Crippen molar-refractivity contribution in [3.63, 3.8) is 0 Å². The summed E-state index contributed by atoms with van der Waals surface area (Å²) in [4.78, 5) is 10.1. The van der Waals surface area contributed by atoms with Crippen molar-refractivity contribution in [1.82, 2.24) is 0 Å². The molecule has 0 bridgehead atoms. The van der Waals surface area contributed by atoms with Crippen LogP contribution in [0.25, 0.3) is 0 Å². The van der Waals surface area contributed by atoms with Gasteiger partial charge < -0.3 is 4.74 Å². The minimum absolute atomic E-state index is 0. The lowest BCUT2D eigenvalue weighted by molar-refractivity contribution is -0.142. The molecule has 0 amide bonds. The summed E-state index contributed by atoms with van der Waals surface area (Å²) in [5, 5.41) is 0. The molecule has 0 heterocycles. The first-order valence-electron chi connectivity index (χ1n) is 2.17. The zero-order chi connectivity index (χ0) is 5.70. The van der Waals surface area contributed by atoms with Crippen molar-refractivity contribution in [2.75, 3.05) is 6.73 Å². The third-order valence-corrected chi connectivity index (χ3v) is 0.533. The molecule has 8 heavy (non-hydrogen) atoms. The second kappa shape index (κ2) is 6.72. The maximum Gasteiger partial charge on any atom is 0.306 e. The van der Waals surface area contributed by atoms with Gasteiger partial charge in [0.15, 0.2) is 0 Å². The standard InChI is InChI=1S/C4H9NO2.ClH/c1-2-4(6)7-3-5;/h2-3,5H2,1H3;1H. The minimum atomic E-state index is -0.248. The summed E-state index contributed by atoms with van der Waals surface area (Å²) in [7, 11) is 0. The van der Waals surface area contributed by atoms with Crippen molar-refractivity contribution in [3.05, 3.63) is 0 Å². The van der Waals surface area contributed by atoms with Crippen LogP contribution >= 0.6 is 12.4 Å². The molecule has 0 saturated carbocycles. The van der Waals surface area contributed by atoms with E-state index in [-0.39, 0.29) is 25.1 Å². The third kappa shape index (κ3) is 5.72. The number of ether oxygens (including phenoxy) is 1. The molecule has 0 aromatic heterocycles. The van der Waals surface area contributed by atoms with Gasteiger partial charge in [0.05, 0.1) is 0 Å². The van der Waals surface area contributed by atoms with Crippen molar-refractivity contribution < 1.29 is 9.53 Å². The smallest absolute Gasteiger partial charge is 0.306 e. The molecule has 0 spiro atoms. The Kier molecular flexibility index (Phi) is 8.95. The van der Waals surface area contributed by atoms with E-state index in [1.165, 1.54) is 0 Å². The van der Waals surface area contributed by atoms with Crippen LogP contribution in [0.2, 0.25) is 0 Å². The van der Waals surface area contributed by atoms with Gasteiger partial charge in [0, 0.05) is 6.42 Å². The first kappa shape index (κ1) is 10.7. The van der Waals surface area contributed by atoms with E-state index >= 15 is 0 Å². The van der Waals surface area contributed by atoms with Crippen LogP contribution in [0.4, 0.5) is 0 Å². The van der Waals surface area contributed by atoms with Gasteiger partial charge in [-0.25, -0.2) is 0 Å². The van der Waals surface area contributed by atoms with Crippen LogP contribution in [0.1, 0.15) is 13.3 Å². The monoisotopic (exact) mass is 139 g/mol. The SMILES string of the molecule is CCC(=O)OCN.Cl. The first-order chi connectivity index (χ1) is 3.31. The Morgan fingerprint density at radius 1 is 1.75 bits per heavy atom. The maximum absolute atomic E-state index is 10.1. The predicted molar refractivity (Wildman–Crippen MR) is 32.7 cm³/mol. The fraction of sp³-hybridized carbons (Fsp3) is 0.750. The number of carbonyl (C=O) groups is 1. The van der Waals surface area contributed by atoms with Crippen molar-refractivity contribution in [2.45, 2.75) is 13.3 Å². The van der Waals surface area contributed by atoms with E-state index in [9.17, 15) is 4.79 Å². The molecule has 3 nitrogen and oxygen atoms in total. The summed E-state index contributed by atoms with van der Waals surface area (Å²) >= 11 is 0. The Labute approximate surface area is 54.6 Å². The van der Waals surface area contributed by atoms with Crippen LogP contribution in [0.15, 0.2) is 0 Å². The highest BCUT2D eigenvalue weighted by molar-refractivity contribution is 5.85. The second-order valence-corrected chi connectivity index (χ2v) is 1.04. The van der Waals surface area contributed by atoms with Gasteiger partial charge in [-0.05, 0) is 0 Å². The molecular formula is C4H10ClNO2. The molecule has 0 saturated heterocycles. The van der Waals surface area contributed by atoms with E-state index in [1.807, 2.05) is 0 Å². The molecule has 0 aromatic rings. The zero-order valence-electron chi connectivity index (χ0n) is 4.72. The molecule has 0 rings (SSSR count). The number of hydrogen-bond donors (Lipinski definition) is 1. The lowest BCUT2D eigenvalue weighted by Crippen LogP contribution is -2.10. The van der Waals surface area contributed by atoms with E-state index in [1.54, 1.807) is 6.92 Å². The lowest BCUT2D eigenvalue weighted by Gasteiger charge is -1.93. The van der Waals surface area contributed by atoms with Crippen LogP contribution in [0.5, 0.6) is 0 Å². The topological polar surface area (TPSA) is 52.3 Å². The normalized spacial score (nSPS) is 7.25. The highest BCUT2D eigenvalue weighted by Gasteiger charge is 1.91. The minimum Gasteiger partial charge on any atom is -0.450 e. The summed E-state index contributed by atoms with van der Waals surface area (Å²) in [6.45, 7) is 1.71. The van der Waals surface area contributed by atoms with E-state index in [4.69, 9.17) is 5.73 Å². The van der Waals surface area contributed by atoms with Gasteiger partial charge in [-0.3, -0.25) is 10.5 Å². The Balaban J connectivity index is 0. The lowest BCUT2D eigenvalue weighted by atomic mass is 10.5. The van der Waals surface area contributed by atoms with Crippen molar-refractivity contribution in [3.8, 4) is 0 Å². The molecule has 0 aliphatic heterocycles. The Hall–Kier alpha value is -0.280. The Morgan fingerprint density at radius 2 is 2.25 bits per heavy atom. The van der Waals surface area contributed by atoms with Crippen molar-refractivity contribution in [1.29, 1.82) is 0 Å². The van der Waals surface area contributed by atoms with Crippen molar-refractivity contribution in [2.24, 2.45) is 5.73 Å². The average Bonchev–Trinajstić information content (AvgIpc) is 1.68. The van der Waals surface area contributed by atoms with Crippen molar-refractivity contribution >= 4 is 18.4 Å². The van der Waals surface area contributed by atoms with Gasteiger partial charge in [0.25, 0.3) is 0 Å². The molecular weight excluding hydrogens is 130 g/mol. The van der Waals surface area contributed by atoms with Gasteiger partial charge >= 0.3 is 5.97 Å². The van der Waals surface area contributed by atoms with Gasteiger partial charge in [0.2, 0.25) is 0 Å². The van der Waals surface area contributed by atoms with Gasteiger partial charge in [0.1, 0.15) is 6.73 Å². The number of hydrogen-bond acceptors (Lipinski definition) is 3. The summed E-state index contributed by atoms with van der Waals surface area (Å²) in [6, 6.07) is 0. The molecule has 0 fully saturated rings. The molecule has 50 valence electrons. The molecule has 0 aliphatic rings. The van der Waals surface area contributed by atoms with Gasteiger partial charge in [-0.1, -0.05) is 6.92 Å². The van der Waals surface area contributed by atoms with E-state index < -0.39 is 0 Å². The van der Waals surface area contributed by atoms with Crippen LogP contribution in [0.3, 0.4) is 0 Å². The van der Waals surface area contributed by atoms with E-state index in [0.29, 0.717) is 6.42 Å². The number of carbonyl (C=O) groups excluding carboxylic acids is 1. The molecule has 4 heteroatoms.